The lowest BCUT2D eigenvalue weighted by Crippen LogP contribution is -2.30. The third-order valence-corrected chi connectivity index (χ3v) is 18.6. The maximum atomic E-state index is 13.1. The Balaban J connectivity index is 5.36. The molecule has 0 saturated carbocycles. The number of ether oxygens (including phenoxy) is 4. The molecule has 0 aromatic heterocycles. The molecule has 0 rings (SSSR count). The van der Waals surface area contributed by atoms with E-state index in [1.54, 1.807) is 0 Å². The van der Waals surface area contributed by atoms with Gasteiger partial charge in [0.1, 0.15) is 19.3 Å². The molecule has 0 spiro atoms. The highest BCUT2D eigenvalue weighted by atomic mass is 31.2. The molecule has 570 valence electrons. The molecular formula is C79H142O17P2. The monoisotopic (exact) mass is 1420 g/mol. The highest BCUT2D eigenvalue weighted by Gasteiger charge is 2.30. The molecule has 0 fully saturated rings. The van der Waals surface area contributed by atoms with E-state index in [4.69, 9.17) is 37.0 Å². The number of unbranched alkanes of at least 4 members (excludes halogenated alkanes) is 39. The Bertz CT molecular complexity index is 2140. The van der Waals surface area contributed by atoms with Crippen molar-refractivity contribution in [2.24, 2.45) is 0 Å². The highest BCUT2D eigenvalue weighted by Crippen LogP contribution is 2.45. The van der Waals surface area contributed by atoms with Gasteiger partial charge in [0.2, 0.25) is 0 Å². The summed E-state index contributed by atoms with van der Waals surface area (Å²) in [5.41, 5.74) is 0. The molecule has 0 aliphatic heterocycles. The molecule has 0 aliphatic rings. The van der Waals surface area contributed by atoms with Crippen LogP contribution in [-0.2, 0) is 65.4 Å². The zero-order valence-corrected chi connectivity index (χ0v) is 64.0. The fraction of sp³-hybridized carbons (Fsp3) is 0.797. The minimum Gasteiger partial charge on any atom is -0.462 e. The zero-order chi connectivity index (χ0) is 71.8. The Kier molecular flexibility index (Phi) is 69.3. The minimum atomic E-state index is -4.98. The lowest BCUT2D eigenvalue weighted by molar-refractivity contribution is -0.161. The van der Waals surface area contributed by atoms with Gasteiger partial charge in [0.25, 0.3) is 0 Å². The molecule has 0 aliphatic carbocycles. The zero-order valence-electron chi connectivity index (χ0n) is 62.2. The summed E-state index contributed by atoms with van der Waals surface area (Å²) in [6.07, 6.45) is 71.6. The van der Waals surface area contributed by atoms with E-state index in [-0.39, 0.29) is 25.7 Å². The number of aliphatic hydroxyl groups excluding tert-OH is 1. The molecule has 5 atom stereocenters. The van der Waals surface area contributed by atoms with Crippen molar-refractivity contribution in [1.82, 2.24) is 0 Å². The molecule has 0 heterocycles. The third kappa shape index (κ3) is 70.9. The number of carbonyl (C=O) groups is 4. The fourth-order valence-electron chi connectivity index (χ4n) is 10.7. The van der Waals surface area contributed by atoms with Crippen LogP contribution in [0.1, 0.15) is 349 Å². The van der Waals surface area contributed by atoms with Gasteiger partial charge in [0.15, 0.2) is 12.2 Å². The molecule has 19 heteroatoms. The Hall–Kier alpha value is -3.50. The molecule has 0 bridgehead atoms. The standard InChI is InChI=1S/C79H142O17P2/c1-5-9-13-17-21-25-29-33-36-40-43-47-51-55-59-63-76(81)89-69-74(95-78(83)65-61-57-53-49-45-39-32-28-24-20-16-12-8-4)71-93-97(85,86)91-67-73(80)68-92-98(87,88)94-72-75(96-79(84)66-62-58-54-50-46-42-38-35-31-27-23-19-15-11-7-3)70-90-77(82)64-60-56-52-48-44-41-37-34-30-26-22-18-14-10-6-2/h25-27,29-31,33-38,73-75,80H,5-24,28,32,39-72H2,1-4H3,(H,85,86)(H,87,88)/b29-25-,30-26-,31-27-,36-33-,37-34-,38-35-/t73-,74+,75+/m0/s1. The molecule has 0 aromatic carbocycles. The van der Waals surface area contributed by atoms with Gasteiger partial charge in [0.05, 0.1) is 26.4 Å². The number of phosphoric acid groups is 2. The van der Waals surface area contributed by atoms with Gasteiger partial charge < -0.3 is 33.8 Å². The van der Waals surface area contributed by atoms with E-state index in [1.165, 1.54) is 128 Å². The van der Waals surface area contributed by atoms with Crippen molar-refractivity contribution in [2.75, 3.05) is 39.6 Å². The van der Waals surface area contributed by atoms with E-state index in [0.717, 1.165) is 141 Å². The Labute approximate surface area is 596 Å². The summed E-state index contributed by atoms with van der Waals surface area (Å²) in [7, 11) is -9.95. The second-order valence-corrected chi connectivity index (χ2v) is 29.3. The lowest BCUT2D eigenvalue weighted by atomic mass is 10.0. The molecule has 98 heavy (non-hydrogen) atoms. The SMILES string of the molecule is CCCCCC/C=C\C=C/CCCCCCCC(=O)OC[C@H](COP(=O)(O)OC[C@@H](O)COP(=O)(O)OC[C@@H](COC(=O)CCCCCCC/C=C\C=C/CCCCCC)OC(=O)CCCCCCCCCCCCCCC)OC(=O)CCCCCCC/C=C\C=C/CCCCCC. The molecular weight excluding hydrogens is 1280 g/mol. The van der Waals surface area contributed by atoms with Gasteiger partial charge in [-0.1, -0.05) is 293 Å². The number of hydrogen-bond donors (Lipinski definition) is 3. The van der Waals surface area contributed by atoms with Gasteiger partial charge in [-0.3, -0.25) is 37.3 Å². The predicted molar refractivity (Wildman–Crippen MR) is 400 cm³/mol. The van der Waals surface area contributed by atoms with Crippen molar-refractivity contribution >= 4 is 39.5 Å². The summed E-state index contributed by atoms with van der Waals surface area (Å²) in [6.45, 7) is 4.81. The van der Waals surface area contributed by atoms with Crippen molar-refractivity contribution < 1.29 is 80.2 Å². The first-order valence-electron chi connectivity index (χ1n) is 39.2. The number of aliphatic hydroxyl groups is 1. The maximum Gasteiger partial charge on any atom is 0.472 e. The van der Waals surface area contributed by atoms with Gasteiger partial charge in [-0.2, -0.15) is 0 Å². The highest BCUT2D eigenvalue weighted by molar-refractivity contribution is 7.47. The average molecular weight is 1430 g/mol. The van der Waals surface area contributed by atoms with Crippen molar-refractivity contribution in [2.45, 2.75) is 367 Å². The summed E-state index contributed by atoms with van der Waals surface area (Å²) in [5, 5.41) is 10.6. The van der Waals surface area contributed by atoms with E-state index in [9.17, 15) is 43.2 Å². The fourth-order valence-corrected chi connectivity index (χ4v) is 12.2. The van der Waals surface area contributed by atoms with Gasteiger partial charge in [-0.05, 0) is 103 Å². The summed E-state index contributed by atoms with van der Waals surface area (Å²) >= 11 is 0. The third-order valence-electron chi connectivity index (χ3n) is 16.7. The van der Waals surface area contributed by atoms with Crippen LogP contribution in [0, 0.1) is 0 Å². The minimum absolute atomic E-state index is 0.0762. The van der Waals surface area contributed by atoms with Crippen LogP contribution in [0.2, 0.25) is 0 Å². The van der Waals surface area contributed by atoms with Crippen LogP contribution in [0.3, 0.4) is 0 Å². The van der Waals surface area contributed by atoms with Gasteiger partial charge in [-0.25, -0.2) is 9.13 Å². The quantitative estimate of drug-likeness (QED) is 0.0169. The van der Waals surface area contributed by atoms with Crippen LogP contribution in [0.25, 0.3) is 0 Å². The van der Waals surface area contributed by atoms with E-state index in [1.807, 2.05) is 0 Å². The summed E-state index contributed by atoms with van der Waals surface area (Å²) < 4.78 is 68.5. The van der Waals surface area contributed by atoms with Crippen LogP contribution in [0.4, 0.5) is 0 Å². The van der Waals surface area contributed by atoms with Crippen LogP contribution in [0.15, 0.2) is 72.9 Å². The average Bonchev–Trinajstić information content (AvgIpc) is 1.04. The van der Waals surface area contributed by atoms with E-state index >= 15 is 0 Å². The Morgan fingerprint density at radius 1 is 0.286 bits per heavy atom. The molecule has 3 N–H and O–H groups in total. The Morgan fingerprint density at radius 2 is 0.490 bits per heavy atom. The topological polar surface area (TPSA) is 237 Å². The summed E-state index contributed by atoms with van der Waals surface area (Å²) in [4.78, 5) is 72.9. The maximum absolute atomic E-state index is 13.1. The summed E-state index contributed by atoms with van der Waals surface area (Å²) in [5.74, 6) is -2.20. The predicted octanol–water partition coefficient (Wildman–Crippen LogP) is 22.4. The van der Waals surface area contributed by atoms with Crippen LogP contribution < -0.4 is 0 Å². The number of hydrogen-bond acceptors (Lipinski definition) is 15. The van der Waals surface area contributed by atoms with E-state index in [0.29, 0.717) is 25.7 Å². The van der Waals surface area contributed by atoms with Crippen molar-refractivity contribution in [3.8, 4) is 0 Å². The smallest absolute Gasteiger partial charge is 0.462 e. The normalized spacial score (nSPS) is 14.3. The molecule has 2 unspecified atom stereocenters. The van der Waals surface area contributed by atoms with Crippen LogP contribution in [-0.4, -0.2) is 96.7 Å². The number of allylic oxidation sites excluding steroid dienone is 12. The van der Waals surface area contributed by atoms with Crippen molar-refractivity contribution in [1.29, 1.82) is 0 Å². The number of phosphoric ester groups is 2. The molecule has 0 radical (unpaired) electrons. The first-order valence-corrected chi connectivity index (χ1v) is 42.2. The van der Waals surface area contributed by atoms with Crippen LogP contribution >= 0.6 is 15.6 Å². The molecule has 0 saturated heterocycles. The van der Waals surface area contributed by atoms with Gasteiger partial charge >= 0.3 is 39.5 Å². The second-order valence-electron chi connectivity index (χ2n) is 26.4. The second kappa shape index (κ2) is 71.9. The molecule has 17 nitrogen and oxygen atoms in total. The first kappa shape index (κ1) is 94.5. The van der Waals surface area contributed by atoms with Crippen LogP contribution in [0.5, 0.6) is 0 Å². The van der Waals surface area contributed by atoms with Gasteiger partial charge in [-0.15, -0.1) is 0 Å². The number of carbonyl (C=O) groups excluding carboxylic acids is 4. The van der Waals surface area contributed by atoms with Gasteiger partial charge in [0, 0.05) is 25.7 Å². The van der Waals surface area contributed by atoms with Crippen molar-refractivity contribution in [3.05, 3.63) is 72.9 Å². The van der Waals surface area contributed by atoms with Crippen molar-refractivity contribution in [3.63, 3.8) is 0 Å². The number of rotatable bonds is 74. The molecule has 0 aromatic rings. The summed E-state index contributed by atoms with van der Waals surface area (Å²) in [6, 6.07) is 0. The van der Waals surface area contributed by atoms with E-state index in [2.05, 4.69) is 101 Å². The largest absolute Gasteiger partial charge is 0.472 e. The lowest BCUT2D eigenvalue weighted by Gasteiger charge is -2.21. The first-order chi connectivity index (χ1) is 47.7. The molecule has 0 amide bonds. The Morgan fingerprint density at radius 3 is 0.745 bits per heavy atom. The number of esters is 4. The van der Waals surface area contributed by atoms with E-state index < -0.39 is 97.5 Å².